The molecule has 0 unspecified atom stereocenters. The monoisotopic (exact) mass is 621 g/mol. The lowest BCUT2D eigenvalue weighted by molar-refractivity contribution is 1.04. The molecule has 3 aromatic heterocycles. The van der Waals surface area contributed by atoms with E-state index in [4.69, 9.17) is 24.9 Å². The minimum absolute atomic E-state index is 0.657. The van der Waals surface area contributed by atoms with Crippen LogP contribution < -0.4 is 9.75 Å². The SMILES string of the molecule is C1=c2sc3c(-c4nc(-c5ccccc5)nc(-c5ccccc5)n4)cccc3c2=C(c2nc(-c3ccccc3)c3ccccc3n2)CC1. The Kier molecular flexibility index (Phi) is 6.72. The van der Waals surface area contributed by atoms with Gasteiger partial charge in [0.25, 0.3) is 0 Å². The minimum Gasteiger partial charge on any atom is -0.228 e. The third kappa shape index (κ3) is 4.90. The predicted octanol–water partition coefficient (Wildman–Crippen LogP) is 8.47. The fraction of sp³-hybridized carbons (Fsp3) is 0.0488. The maximum absolute atomic E-state index is 5.26. The third-order valence-corrected chi connectivity index (χ3v) is 9.86. The highest BCUT2D eigenvalue weighted by atomic mass is 32.1. The molecule has 0 atom stereocenters. The van der Waals surface area contributed by atoms with Gasteiger partial charge in [-0.05, 0) is 25.0 Å². The molecule has 8 aromatic rings. The Balaban J connectivity index is 1.29. The van der Waals surface area contributed by atoms with Gasteiger partial charge in [-0.15, -0.1) is 11.3 Å². The van der Waals surface area contributed by atoms with Crippen molar-refractivity contribution in [3.8, 4) is 45.4 Å². The number of rotatable bonds is 5. The van der Waals surface area contributed by atoms with Crippen molar-refractivity contribution in [2.45, 2.75) is 12.8 Å². The van der Waals surface area contributed by atoms with Gasteiger partial charge in [-0.25, -0.2) is 24.9 Å². The van der Waals surface area contributed by atoms with Gasteiger partial charge in [0.15, 0.2) is 23.3 Å². The van der Waals surface area contributed by atoms with Crippen LogP contribution in [0, 0.1) is 0 Å². The second-order valence-corrected chi connectivity index (χ2v) is 12.6. The van der Waals surface area contributed by atoms with Crippen LogP contribution in [0.2, 0.25) is 0 Å². The molecule has 0 spiro atoms. The molecule has 1 aliphatic rings. The summed E-state index contributed by atoms with van der Waals surface area (Å²) in [5, 5.41) is 3.45. The standard InChI is InChI=1S/C41H27N5S/c1-4-14-26(15-5-1)36-29-20-10-11-24-33(29)42-40(43-36)31-22-13-25-34-35(31)30-21-12-23-32(37(30)47-34)41-45-38(27-16-6-2-7-17-27)44-39(46-41)28-18-8-3-9-19-28/h1-12,14-21,23-25H,13,22H2. The maximum Gasteiger partial charge on any atom is 0.165 e. The second kappa shape index (κ2) is 11.5. The van der Waals surface area contributed by atoms with Crippen LogP contribution in [0.5, 0.6) is 0 Å². The van der Waals surface area contributed by atoms with E-state index in [-0.39, 0.29) is 0 Å². The average molecular weight is 622 g/mol. The molecule has 0 fully saturated rings. The molecule has 47 heavy (non-hydrogen) atoms. The van der Waals surface area contributed by atoms with Crippen LogP contribution in [-0.4, -0.2) is 24.9 Å². The summed E-state index contributed by atoms with van der Waals surface area (Å²) in [6, 6.07) is 45.4. The van der Waals surface area contributed by atoms with Crippen molar-refractivity contribution in [2.75, 3.05) is 0 Å². The number of benzene rings is 5. The zero-order valence-corrected chi connectivity index (χ0v) is 26.2. The molecule has 0 radical (unpaired) electrons. The van der Waals surface area contributed by atoms with Crippen molar-refractivity contribution in [1.29, 1.82) is 0 Å². The van der Waals surface area contributed by atoms with Crippen LogP contribution >= 0.6 is 11.3 Å². The fourth-order valence-electron chi connectivity index (χ4n) is 6.42. The lowest BCUT2D eigenvalue weighted by atomic mass is 9.98. The largest absolute Gasteiger partial charge is 0.228 e. The van der Waals surface area contributed by atoms with Gasteiger partial charge < -0.3 is 0 Å². The highest BCUT2D eigenvalue weighted by Crippen LogP contribution is 2.33. The molecule has 0 amide bonds. The molecule has 0 aliphatic heterocycles. The highest BCUT2D eigenvalue weighted by Gasteiger charge is 2.20. The quantitative estimate of drug-likeness (QED) is 0.193. The van der Waals surface area contributed by atoms with Crippen LogP contribution in [0.3, 0.4) is 0 Å². The summed E-state index contributed by atoms with van der Waals surface area (Å²) >= 11 is 1.79. The lowest BCUT2D eigenvalue weighted by Crippen LogP contribution is -2.26. The molecular formula is C41H27N5S. The van der Waals surface area contributed by atoms with Crippen LogP contribution in [-0.2, 0) is 0 Å². The molecule has 222 valence electrons. The van der Waals surface area contributed by atoms with Gasteiger partial charge in [0, 0.05) is 53.1 Å². The van der Waals surface area contributed by atoms with Crippen molar-refractivity contribution in [3.05, 3.63) is 149 Å². The van der Waals surface area contributed by atoms with Crippen LogP contribution in [0.25, 0.3) is 78.1 Å². The first-order chi connectivity index (χ1) is 23.3. The Morgan fingerprint density at radius 3 is 1.77 bits per heavy atom. The first-order valence-electron chi connectivity index (χ1n) is 15.7. The van der Waals surface area contributed by atoms with Crippen molar-refractivity contribution < 1.29 is 0 Å². The van der Waals surface area contributed by atoms with Crippen molar-refractivity contribution in [2.24, 2.45) is 0 Å². The van der Waals surface area contributed by atoms with E-state index in [0.29, 0.717) is 17.5 Å². The Labute approximate surface area is 275 Å². The van der Waals surface area contributed by atoms with Crippen molar-refractivity contribution in [3.63, 3.8) is 0 Å². The van der Waals surface area contributed by atoms with Gasteiger partial charge in [-0.1, -0.05) is 127 Å². The number of aromatic nitrogens is 5. The third-order valence-electron chi connectivity index (χ3n) is 8.63. The lowest BCUT2D eigenvalue weighted by Gasteiger charge is -2.13. The van der Waals surface area contributed by atoms with Gasteiger partial charge in [-0.2, -0.15) is 0 Å². The Morgan fingerprint density at radius 2 is 1.06 bits per heavy atom. The molecule has 6 heteroatoms. The normalized spacial score (nSPS) is 12.6. The second-order valence-electron chi connectivity index (χ2n) is 11.6. The summed E-state index contributed by atoms with van der Waals surface area (Å²) in [6.45, 7) is 0. The molecule has 0 N–H and O–H groups in total. The van der Waals surface area contributed by atoms with Crippen LogP contribution in [0.15, 0.2) is 133 Å². The van der Waals surface area contributed by atoms with E-state index in [1.54, 1.807) is 11.3 Å². The van der Waals surface area contributed by atoms with Gasteiger partial charge in [0.05, 0.1) is 11.2 Å². The highest BCUT2D eigenvalue weighted by molar-refractivity contribution is 7.17. The van der Waals surface area contributed by atoms with E-state index >= 15 is 0 Å². The number of hydrogen-bond acceptors (Lipinski definition) is 6. The van der Waals surface area contributed by atoms with Gasteiger partial charge in [0.1, 0.15) is 0 Å². The molecule has 9 rings (SSSR count). The summed E-state index contributed by atoms with van der Waals surface area (Å²) < 4.78 is 2.40. The summed E-state index contributed by atoms with van der Waals surface area (Å²) in [6.07, 6.45) is 4.16. The summed E-state index contributed by atoms with van der Waals surface area (Å²) in [5.41, 5.74) is 7.09. The molecule has 0 saturated heterocycles. The van der Waals surface area contributed by atoms with Crippen LogP contribution in [0.1, 0.15) is 18.7 Å². The first kappa shape index (κ1) is 27.5. The summed E-state index contributed by atoms with van der Waals surface area (Å²) in [7, 11) is 0. The van der Waals surface area contributed by atoms with Crippen molar-refractivity contribution in [1.82, 2.24) is 24.9 Å². The van der Waals surface area contributed by atoms with E-state index < -0.39 is 0 Å². The smallest absolute Gasteiger partial charge is 0.165 e. The number of fused-ring (bicyclic) bond motifs is 4. The Morgan fingerprint density at radius 1 is 0.468 bits per heavy atom. The molecule has 0 bridgehead atoms. The maximum atomic E-state index is 5.26. The number of hydrogen-bond donors (Lipinski definition) is 0. The predicted molar refractivity (Wildman–Crippen MR) is 192 cm³/mol. The fourth-order valence-corrected chi connectivity index (χ4v) is 7.73. The number of nitrogens with zero attached hydrogens (tertiary/aromatic N) is 5. The van der Waals surface area contributed by atoms with E-state index in [0.717, 1.165) is 62.2 Å². The van der Waals surface area contributed by atoms with E-state index in [9.17, 15) is 0 Å². The van der Waals surface area contributed by atoms with E-state index in [1.165, 1.54) is 20.7 Å². The van der Waals surface area contributed by atoms with Crippen LogP contribution in [0.4, 0.5) is 0 Å². The average Bonchev–Trinajstić information content (AvgIpc) is 3.54. The number of para-hydroxylation sites is 1. The zero-order valence-electron chi connectivity index (χ0n) is 25.3. The zero-order chi connectivity index (χ0) is 31.2. The molecule has 1 aliphatic carbocycles. The molecule has 5 aromatic carbocycles. The van der Waals surface area contributed by atoms with Crippen molar-refractivity contribution >= 4 is 44.0 Å². The molecular weight excluding hydrogens is 595 g/mol. The van der Waals surface area contributed by atoms with Gasteiger partial charge in [0.2, 0.25) is 0 Å². The Bertz CT molecular complexity index is 2500. The van der Waals surface area contributed by atoms with E-state index in [1.807, 2.05) is 72.8 Å². The van der Waals surface area contributed by atoms with Gasteiger partial charge >= 0.3 is 0 Å². The topological polar surface area (TPSA) is 64.5 Å². The van der Waals surface area contributed by atoms with E-state index in [2.05, 4.69) is 66.7 Å². The first-order valence-corrected chi connectivity index (χ1v) is 16.6. The molecule has 5 nitrogen and oxygen atoms in total. The summed E-state index contributed by atoms with van der Waals surface area (Å²) in [5.74, 6) is 2.77. The Hall–Kier alpha value is -5.85. The molecule has 0 saturated carbocycles. The summed E-state index contributed by atoms with van der Waals surface area (Å²) in [4.78, 5) is 25.4. The number of thiophene rings is 1. The van der Waals surface area contributed by atoms with Gasteiger partial charge in [-0.3, -0.25) is 0 Å². The molecule has 3 heterocycles. The minimum atomic E-state index is 0.657.